The van der Waals surface area contributed by atoms with E-state index in [0.717, 1.165) is 43.4 Å². The maximum absolute atomic E-state index is 12.5. The number of nitrogens with zero attached hydrogens (tertiary/aromatic N) is 2. The van der Waals surface area contributed by atoms with Crippen molar-refractivity contribution in [3.63, 3.8) is 0 Å². The Hall–Kier alpha value is -1.88. The highest BCUT2D eigenvalue weighted by Gasteiger charge is 2.24. The van der Waals surface area contributed by atoms with Gasteiger partial charge < -0.3 is 15.0 Å². The maximum Gasteiger partial charge on any atom is 0.253 e. The number of imidazole rings is 1. The van der Waals surface area contributed by atoms with Crippen molar-refractivity contribution in [3.05, 3.63) is 30.1 Å². The lowest BCUT2D eigenvalue weighted by Gasteiger charge is -2.32. The highest BCUT2D eigenvalue weighted by atomic mass is 16.3. The van der Waals surface area contributed by atoms with E-state index in [0.29, 0.717) is 11.5 Å². The van der Waals surface area contributed by atoms with E-state index in [2.05, 4.69) is 9.97 Å². The Labute approximate surface area is 117 Å². The zero-order chi connectivity index (χ0) is 13.9. The molecule has 3 rings (SSSR count). The molecule has 5 nitrogen and oxygen atoms in total. The topological polar surface area (TPSA) is 69.2 Å². The molecule has 1 atom stereocenters. The molecule has 2 heterocycles. The van der Waals surface area contributed by atoms with Gasteiger partial charge in [0.25, 0.3) is 5.91 Å². The zero-order valence-electron chi connectivity index (χ0n) is 11.4. The molecule has 0 radical (unpaired) electrons. The van der Waals surface area contributed by atoms with Gasteiger partial charge in [-0.3, -0.25) is 4.79 Å². The van der Waals surface area contributed by atoms with Gasteiger partial charge in [-0.2, -0.15) is 0 Å². The van der Waals surface area contributed by atoms with E-state index >= 15 is 0 Å². The lowest BCUT2D eigenvalue weighted by Crippen LogP contribution is -2.40. The molecule has 5 heteroatoms. The molecule has 0 bridgehead atoms. The van der Waals surface area contributed by atoms with Crippen LogP contribution in [-0.4, -0.2) is 45.6 Å². The van der Waals surface area contributed by atoms with Gasteiger partial charge in [0.2, 0.25) is 0 Å². The van der Waals surface area contributed by atoms with Crippen molar-refractivity contribution in [3.8, 4) is 0 Å². The van der Waals surface area contributed by atoms with Crippen LogP contribution >= 0.6 is 0 Å². The second kappa shape index (κ2) is 5.63. The number of hydrogen-bond donors (Lipinski definition) is 2. The Morgan fingerprint density at radius 2 is 2.40 bits per heavy atom. The summed E-state index contributed by atoms with van der Waals surface area (Å²) in [5.74, 6) is 0.498. The van der Waals surface area contributed by atoms with Gasteiger partial charge >= 0.3 is 0 Å². The van der Waals surface area contributed by atoms with Crippen LogP contribution in [0, 0.1) is 5.92 Å². The molecule has 0 aliphatic carbocycles. The summed E-state index contributed by atoms with van der Waals surface area (Å²) in [6.45, 7) is 1.76. The van der Waals surface area contributed by atoms with Crippen LogP contribution in [0.2, 0.25) is 0 Å². The largest absolute Gasteiger partial charge is 0.396 e. The van der Waals surface area contributed by atoms with Gasteiger partial charge in [-0.15, -0.1) is 0 Å². The highest BCUT2D eigenvalue weighted by molar-refractivity contribution is 5.97. The summed E-state index contributed by atoms with van der Waals surface area (Å²) in [5.41, 5.74) is 2.46. The molecular formula is C15H19N3O2. The first-order valence-electron chi connectivity index (χ1n) is 7.11. The van der Waals surface area contributed by atoms with E-state index in [1.807, 2.05) is 23.1 Å². The van der Waals surface area contributed by atoms with E-state index in [1.165, 1.54) is 0 Å². The summed E-state index contributed by atoms with van der Waals surface area (Å²) in [6.07, 6.45) is 4.53. The molecule has 1 fully saturated rings. The molecule has 106 valence electrons. The molecule has 1 unspecified atom stereocenters. The molecule has 1 saturated heterocycles. The van der Waals surface area contributed by atoms with Crippen molar-refractivity contribution in [2.45, 2.75) is 19.3 Å². The SMILES string of the molecule is O=C(c1ccc2nc[nH]c2c1)N1CCCC(CCO)C1. The van der Waals surface area contributed by atoms with Gasteiger partial charge in [-0.1, -0.05) is 0 Å². The minimum Gasteiger partial charge on any atom is -0.396 e. The maximum atomic E-state index is 12.5. The van der Waals surface area contributed by atoms with Gasteiger partial charge in [0.1, 0.15) is 0 Å². The normalized spacial score (nSPS) is 19.4. The van der Waals surface area contributed by atoms with E-state index in [9.17, 15) is 4.79 Å². The molecule has 0 spiro atoms. The molecule has 1 aliphatic rings. The van der Waals surface area contributed by atoms with Crippen molar-refractivity contribution >= 4 is 16.9 Å². The number of likely N-dealkylation sites (tertiary alicyclic amines) is 1. The molecule has 0 saturated carbocycles. The van der Waals surface area contributed by atoms with Crippen LogP contribution < -0.4 is 0 Å². The summed E-state index contributed by atoms with van der Waals surface area (Å²) in [6, 6.07) is 5.57. The van der Waals surface area contributed by atoms with Crippen LogP contribution in [0.5, 0.6) is 0 Å². The average Bonchev–Trinajstić information content (AvgIpc) is 2.94. The molecule has 2 N–H and O–H groups in total. The van der Waals surface area contributed by atoms with E-state index < -0.39 is 0 Å². The number of carbonyl (C=O) groups excluding carboxylic acids is 1. The minimum atomic E-state index is 0.0733. The summed E-state index contributed by atoms with van der Waals surface area (Å²) in [5, 5.41) is 9.04. The van der Waals surface area contributed by atoms with Crippen molar-refractivity contribution in [2.75, 3.05) is 19.7 Å². The minimum absolute atomic E-state index is 0.0733. The fraction of sp³-hybridized carbons (Fsp3) is 0.467. The molecular weight excluding hydrogens is 254 g/mol. The number of aromatic amines is 1. The number of fused-ring (bicyclic) bond motifs is 1. The summed E-state index contributed by atoms with van der Waals surface area (Å²) < 4.78 is 0. The number of aromatic nitrogens is 2. The standard InChI is InChI=1S/C15H19N3O2/c19-7-5-11-2-1-6-18(9-11)15(20)12-3-4-13-14(8-12)17-10-16-13/h3-4,8,10-11,19H,1-2,5-7,9H2,(H,16,17). The molecule has 2 aromatic rings. The van der Waals surface area contributed by atoms with Gasteiger partial charge in [0, 0.05) is 25.3 Å². The Morgan fingerprint density at radius 1 is 1.50 bits per heavy atom. The van der Waals surface area contributed by atoms with Crippen molar-refractivity contribution in [2.24, 2.45) is 5.92 Å². The number of carbonyl (C=O) groups is 1. The summed E-state index contributed by atoms with van der Waals surface area (Å²) >= 11 is 0. The van der Waals surface area contributed by atoms with Crippen molar-refractivity contribution < 1.29 is 9.90 Å². The molecule has 20 heavy (non-hydrogen) atoms. The van der Waals surface area contributed by atoms with Gasteiger partial charge in [0.05, 0.1) is 17.4 Å². The van der Waals surface area contributed by atoms with Crippen LogP contribution in [0.1, 0.15) is 29.6 Å². The van der Waals surface area contributed by atoms with Crippen molar-refractivity contribution in [1.29, 1.82) is 0 Å². The number of H-pyrrole nitrogens is 1. The van der Waals surface area contributed by atoms with E-state index in [1.54, 1.807) is 6.33 Å². The second-order valence-electron chi connectivity index (χ2n) is 5.41. The summed E-state index contributed by atoms with van der Waals surface area (Å²) in [4.78, 5) is 21.6. The average molecular weight is 273 g/mol. The number of hydrogen-bond acceptors (Lipinski definition) is 3. The Morgan fingerprint density at radius 3 is 3.25 bits per heavy atom. The number of benzene rings is 1. The molecule has 1 aromatic carbocycles. The highest BCUT2D eigenvalue weighted by Crippen LogP contribution is 2.22. The quantitative estimate of drug-likeness (QED) is 0.896. The smallest absolute Gasteiger partial charge is 0.253 e. The van der Waals surface area contributed by atoms with Crippen LogP contribution in [-0.2, 0) is 0 Å². The molecule has 1 amide bonds. The van der Waals surface area contributed by atoms with Crippen LogP contribution in [0.3, 0.4) is 0 Å². The lowest BCUT2D eigenvalue weighted by molar-refractivity contribution is 0.0654. The van der Waals surface area contributed by atoms with Crippen molar-refractivity contribution in [1.82, 2.24) is 14.9 Å². The van der Waals surface area contributed by atoms with Gasteiger partial charge in [0.15, 0.2) is 0 Å². The Balaban J connectivity index is 1.77. The van der Waals surface area contributed by atoms with Crippen LogP contribution in [0.15, 0.2) is 24.5 Å². The van der Waals surface area contributed by atoms with Gasteiger partial charge in [-0.25, -0.2) is 4.98 Å². The first-order chi connectivity index (χ1) is 9.78. The number of aliphatic hydroxyl groups is 1. The van der Waals surface area contributed by atoms with Crippen LogP contribution in [0.25, 0.3) is 11.0 Å². The van der Waals surface area contributed by atoms with Gasteiger partial charge in [-0.05, 0) is 43.4 Å². The monoisotopic (exact) mass is 273 g/mol. The third-order valence-electron chi connectivity index (χ3n) is 4.01. The first kappa shape index (κ1) is 13.1. The third kappa shape index (κ3) is 2.54. The van der Waals surface area contributed by atoms with E-state index in [-0.39, 0.29) is 12.5 Å². The second-order valence-corrected chi connectivity index (χ2v) is 5.41. The number of piperidine rings is 1. The number of nitrogens with one attached hydrogen (secondary N) is 1. The number of amides is 1. The number of rotatable bonds is 3. The lowest BCUT2D eigenvalue weighted by atomic mass is 9.94. The first-order valence-corrected chi connectivity index (χ1v) is 7.11. The predicted molar refractivity (Wildman–Crippen MR) is 76.4 cm³/mol. The Bertz CT molecular complexity index is 606. The van der Waals surface area contributed by atoms with Crippen LogP contribution in [0.4, 0.5) is 0 Å². The molecule has 1 aromatic heterocycles. The third-order valence-corrected chi connectivity index (χ3v) is 4.01. The summed E-state index contributed by atoms with van der Waals surface area (Å²) in [7, 11) is 0. The predicted octanol–water partition coefficient (Wildman–Crippen LogP) is 1.80. The molecule has 1 aliphatic heterocycles. The van der Waals surface area contributed by atoms with E-state index in [4.69, 9.17) is 5.11 Å². The Kier molecular flexibility index (Phi) is 3.69. The number of aliphatic hydroxyl groups excluding tert-OH is 1. The fourth-order valence-electron chi connectivity index (χ4n) is 2.92. The zero-order valence-corrected chi connectivity index (χ0v) is 11.4. The fourth-order valence-corrected chi connectivity index (χ4v) is 2.92.